The van der Waals surface area contributed by atoms with Crippen LogP contribution in [0.2, 0.25) is 0 Å². The van der Waals surface area contributed by atoms with Crippen LogP contribution in [0, 0.1) is 5.82 Å². The molecule has 122 valence electrons. The van der Waals surface area contributed by atoms with Gasteiger partial charge in [-0.05, 0) is 56.5 Å². The van der Waals surface area contributed by atoms with E-state index in [1.54, 1.807) is 12.1 Å². The Morgan fingerprint density at radius 1 is 1.14 bits per heavy atom. The summed E-state index contributed by atoms with van der Waals surface area (Å²) in [5.74, 6) is -0.323. The summed E-state index contributed by atoms with van der Waals surface area (Å²) in [6.07, 6.45) is 7.98. The predicted octanol–water partition coefficient (Wildman–Crippen LogP) is 2.81. The van der Waals surface area contributed by atoms with Crippen molar-refractivity contribution in [1.29, 1.82) is 0 Å². The van der Waals surface area contributed by atoms with Crippen LogP contribution >= 0.6 is 0 Å². The van der Waals surface area contributed by atoms with Gasteiger partial charge >= 0.3 is 0 Å². The first-order chi connectivity index (χ1) is 10.8. The van der Waals surface area contributed by atoms with E-state index >= 15 is 0 Å². The molecule has 1 saturated heterocycles. The lowest BCUT2D eigenvalue weighted by atomic mass is 10.0. The molecule has 1 saturated carbocycles. The van der Waals surface area contributed by atoms with E-state index in [0.717, 1.165) is 18.2 Å². The molecule has 0 unspecified atom stereocenters. The molecule has 2 aliphatic rings. The second kappa shape index (κ2) is 7.53. The van der Waals surface area contributed by atoms with Crippen molar-refractivity contribution in [3.63, 3.8) is 0 Å². The van der Waals surface area contributed by atoms with Crippen LogP contribution in [0.25, 0.3) is 0 Å². The number of halogens is 1. The molecule has 1 aromatic carbocycles. The van der Waals surface area contributed by atoms with Gasteiger partial charge in [0.1, 0.15) is 5.82 Å². The quantitative estimate of drug-likeness (QED) is 0.878. The predicted molar refractivity (Wildman–Crippen MR) is 86.0 cm³/mol. The average molecular weight is 306 g/mol. The third-order valence-electron chi connectivity index (χ3n) is 5.25. The van der Waals surface area contributed by atoms with Crippen LogP contribution < -0.4 is 5.32 Å². The Morgan fingerprint density at radius 2 is 1.86 bits per heavy atom. The molecule has 0 spiro atoms. The lowest BCUT2D eigenvalue weighted by molar-refractivity contribution is 0.144. The van der Waals surface area contributed by atoms with Gasteiger partial charge < -0.3 is 15.3 Å². The van der Waals surface area contributed by atoms with Crippen molar-refractivity contribution < 1.29 is 9.50 Å². The molecule has 4 heteroatoms. The minimum absolute atomic E-state index is 0.237. The van der Waals surface area contributed by atoms with Crippen LogP contribution in [0.3, 0.4) is 0 Å². The SMILES string of the molecule is OCc1cc(CNC2CCN(C3CCCC3)CC2)ccc1F. The molecule has 1 aliphatic heterocycles. The molecule has 2 fully saturated rings. The maximum absolute atomic E-state index is 13.4. The summed E-state index contributed by atoms with van der Waals surface area (Å²) in [4.78, 5) is 2.67. The van der Waals surface area contributed by atoms with Gasteiger partial charge in [-0.1, -0.05) is 18.9 Å². The van der Waals surface area contributed by atoms with Crippen molar-refractivity contribution >= 4 is 0 Å². The number of likely N-dealkylation sites (tertiary alicyclic amines) is 1. The number of nitrogens with one attached hydrogen (secondary N) is 1. The maximum atomic E-state index is 13.4. The van der Waals surface area contributed by atoms with Crippen LogP contribution in [0.4, 0.5) is 4.39 Å². The highest BCUT2D eigenvalue weighted by atomic mass is 19.1. The van der Waals surface area contributed by atoms with Crippen molar-refractivity contribution in [1.82, 2.24) is 10.2 Å². The second-order valence-electron chi connectivity index (χ2n) is 6.71. The van der Waals surface area contributed by atoms with Crippen LogP contribution in [-0.4, -0.2) is 35.2 Å². The number of aliphatic hydroxyl groups is 1. The molecule has 22 heavy (non-hydrogen) atoms. The summed E-state index contributed by atoms with van der Waals surface area (Å²) >= 11 is 0. The van der Waals surface area contributed by atoms with E-state index in [2.05, 4.69) is 10.2 Å². The summed E-state index contributed by atoms with van der Waals surface area (Å²) < 4.78 is 13.4. The van der Waals surface area contributed by atoms with Gasteiger partial charge in [-0.3, -0.25) is 0 Å². The molecule has 1 aliphatic carbocycles. The Labute approximate surface area is 132 Å². The fourth-order valence-electron chi connectivity index (χ4n) is 3.86. The van der Waals surface area contributed by atoms with E-state index in [0.29, 0.717) is 11.6 Å². The molecule has 2 N–H and O–H groups in total. The molecule has 3 rings (SSSR count). The summed E-state index contributed by atoms with van der Waals surface area (Å²) in [6, 6.07) is 6.40. The summed E-state index contributed by atoms with van der Waals surface area (Å²) in [5.41, 5.74) is 1.43. The highest BCUT2D eigenvalue weighted by Gasteiger charge is 2.26. The zero-order chi connectivity index (χ0) is 15.4. The van der Waals surface area contributed by atoms with Crippen molar-refractivity contribution in [3.05, 3.63) is 35.1 Å². The molecule has 1 aromatic rings. The molecule has 0 aromatic heterocycles. The second-order valence-corrected chi connectivity index (χ2v) is 6.71. The van der Waals surface area contributed by atoms with Crippen molar-refractivity contribution in [2.45, 2.75) is 63.8 Å². The third kappa shape index (κ3) is 3.86. The van der Waals surface area contributed by atoms with Gasteiger partial charge in [0.25, 0.3) is 0 Å². The number of nitrogens with zero attached hydrogens (tertiary/aromatic N) is 1. The van der Waals surface area contributed by atoms with Gasteiger partial charge in [-0.15, -0.1) is 0 Å². The Kier molecular flexibility index (Phi) is 5.45. The van der Waals surface area contributed by atoms with Crippen LogP contribution in [-0.2, 0) is 13.2 Å². The van der Waals surface area contributed by atoms with Crippen LogP contribution in [0.5, 0.6) is 0 Å². The van der Waals surface area contributed by atoms with E-state index in [9.17, 15) is 4.39 Å². The first-order valence-electron chi connectivity index (χ1n) is 8.62. The maximum Gasteiger partial charge on any atom is 0.128 e. The number of rotatable bonds is 5. The van der Waals surface area contributed by atoms with Crippen molar-refractivity contribution in [2.24, 2.45) is 0 Å². The van der Waals surface area contributed by atoms with E-state index in [-0.39, 0.29) is 12.4 Å². The molecular formula is C18H27FN2O. The summed E-state index contributed by atoms with van der Waals surface area (Å²) in [7, 11) is 0. The summed E-state index contributed by atoms with van der Waals surface area (Å²) in [6.45, 7) is 2.92. The fraction of sp³-hybridized carbons (Fsp3) is 0.667. The van der Waals surface area contributed by atoms with Gasteiger partial charge in [0.2, 0.25) is 0 Å². The summed E-state index contributed by atoms with van der Waals surface area (Å²) in [5, 5.41) is 12.7. The van der Waals surface area contributed by atoms with Gasteiger partial charge in [0.05, 0.1) is 6.61 Å². The minimum Gasteiger partial charge on any atom is -0.392 e. The normalized spacial score (nSPS) is 21.5. The molecule has 0 amide bonds. The molecule has 0 bridgehead atoms. The van der Waals surface area contributed by atoms with Gasteiger partial charge in [-0.2, -0.15) is 0 Å². The first-order valence-corrected chi connectivity index (χ1v) is 8.62. The molecule has 0 radical (unpaired) electrons. The van der Waals surface area contributed by atoms with E-state index in [1.165, 1.54) is 57.7 Å². The van der Waals surface area contributed by atoms with E-state index < -0.39 is 0 Å². The highest BCUT2D eigenvalue weighted by molar-refractivity contribution is 5.24. The Balaban J connectivity index is 1.45. The zero-order valence-electron chi connectivity index (χ0n) is 13.2. The molecule has 3 nitrogen and oxygen atoms in total. The number of hydrogen-bond donors (Lipinski definition) is 2. The van der Waals surface area contributed by atoms with Crippen LogP contribution in [0.15, 0.2) is 18.2 Å². The topological polar surface area (TPSA) is 35.5 Å². The third-order valence-corrected chi connectivity index (χ3v) is 5.25. The van der Waals surface area contributed by atoms with Crippen molar-refractivity contribution in [3.8, 4) is 0 Å². The van der Waals surface area contributed by atoms with E-state index in [4.69, 9.17) is 5.11 Å². The number of hydrogen-bond acceptors (Lipinski definition) is 3. The Bertz CT molecular complexity index is 480. The number of benzene rings is 1. The zero-order valence-corrected chi connectivity index (χ0v) is 13.2. The van der Waals surface area contributed by atoms with Crippen molar-refractivity contribution in [2.75, 3.05) is 13.1 Å². The number of piperidine rings is 1. The lowest BCUT2D eigenvalue weighted by Gasteiger charge is -2.36. The largest absolute Gasteiger partial charge is 0.392 e. The Morgan fingerprint density at radius 3 is 2.55 bits per heavy atom. The van der Waals surface area contributed by atoms with E-state index in [1.807, 2.05) is 0 Å². The smallest absolute Gasteiger partial charge is 0.128 e. The van der Waals surface area contributed by atoms with Gasteiger partial charge in [0, 0.05) is 24.2 Å². The lowest BCUT2D eigenvalue weighted by Crippen LogP contribution is -2.45. The Hall–Kier alpha value is -0.970. The fourth-order valence-corrected chi connectivity index (χ4v) is 3.86. The van der Waals surface area contributed by atoms with Crippen LogP contribution in [0.1, 0.15) is 49.7 Å². The standard InChI is InChI=1S/C18H27FN2O/c19-18-6-5-14(11-15(18)13-22)12-20-16-7-9-21(10-8-16)17-3-1-2-4-17/h5-6,11,16-17,20,22H,1-4,7-10,12-13H2. The first kappa shape index (κ1) is 15.9. The van der Waals surface area contributed by atoms with Gasteiger partial charge in [-0.25, -0.2) is 4.39 Å². The van der Waals surface area contributed by atoms with Gasteiger partial charge in [0.15, 0.2) is 0 Å². The molecular weight excluding hydrogens is 279 g/mol. The average Bonchev–Trinajstić information content (AvgIpc) is 3.09. The molecule has 1 heterocycles. The molecule has 0 atom stereocenters. The minimum atomic E-state index is -0.323. The monoisotopic (exact) mass is 306 g/mol. The highest BCUT2D eigenvalue weighted by Crippen LogP contribution is 2.26. The number of aliphatic hydroxyl groups excluding tert-OH is 1.